The first-order valence-corrected chi connectivity index (χ1v) is 5.38. The Bertz CT molecular complexity index is 389. The van der Waals surface area contributed by atoms with Crippen LogP contribution in [0.15, 0.2) is 40.9 Å². The molecule has 0 spiro atoms. The molecule has 1 aromatic carbocycles. The summed E-state index contributed by atoms with van der Waals surface area (Å²) in [6, 6.07) is 10.5. The van der Waals surface area contributed by atoms with Gasteiger partial charge in [0.05, 0.1) is 11.5 Å². The number of hydrogen-bond acceptors (Lipinski definition) is 1. The molecule has 0 aliphatic heterocycles. The molecule has 0 fully saturated rings. The van der Waals surface area contributed by atoms with E-state index in [0.717, 1.165) is 22.9 Å². The Balaban J connectivity index is 2.38. The molecule has 0 saturated heterocycles. The molecule has 0 heterocycles. The minimum Gasteiger partial charge on any atom is -0.197 e. The van der Waals surface area contributed by atoms with Gasteiger partial charge < -0.3 is 0 Å². The fourth-order valence-electron chi connectivity index (χ4n) is 1.81. The zero-order valence-electron chi connectivity index (χ0n) is 7.70. The Morgan fingerprint density at radius 2 is 1.71 bits per heavy atom. The predicted octanol–water partition coefficient (Wildman–Crippen LogP) is 3.56. The lowest BCUT2D eigenvalue weighted by Crippen LogP contribution is -2.19. The third-order valence-corrected chi connectivity index (χ3v) is 3.24. The summed E-state index contributed by atoms with van der Waals surface area (Å²) in [5.41, 5.74) is 0.814. The summed E-state index contributed by atoms with van der Waals surface area (Å²) in [6.07, 6.45) is 5.85. The number of halogens is 1. The summed E-state index contributed by atoms with van der Waals surface area (Å²) in [7, 11) is 0. The van der Waals surface area contributed by atoms with E-state index in [1.54, 1.807) is 0 Å². The van der Waals surface area contributed by atoms with Crippen molar-refractivity contribution >= 4 is 15.9 Å². The van der Waals surface area contributed by atoms with Crippen molar-refractivity contribution in [3.05, 3.63) is 46.5 Å². The predicted molar refractivity (Wildman–Crippen MR) is 59.8 cm³/mol. The van der Waals surface area contributed by atoms with E-state index < -0.39 is 0 Å². The number of nitriles is 1. The van der Waals surface area contributed by atoms with Crippen LogP contribution in [-0.2, 0) is 5.41 Å². The van der Waals surface area contributed by atoms with Crippen molar-refractivity contribution in [2.24, 2.45) is 0 Å². The summed E-state index contributed by atoms with van der Waals surface area (Å²) in [5, 5.41) is 9.24. The minimum atomic E-state index is -0.305. The molecular formula is C12H10BrN. The molecule has 1 aliphatic rings. The average molecular weight is 248 g/mol. The van der Waals surface area contributed by atoms with Gasteiger partial charge in [0.1, 0.15) is 0 Å². The Morgan fingerprint density at radius 3 is 2.21 bits per heavy atom. The number of nitrogens with zero attached hydrogens (tertiary/aromatic N) is 1. The van der Waals surface area contributed by atoms with E-state index in [2.05, 4.69) is 34.2 Å². The van der Waals surface area contributed by atoms with E-state index in [1.165, 1.54) is 0 Å². The summed E-state index contributed by atoms with van der Waals surface area (Å²) in [4.78, 5) is 0. The van der Waals surface area contributed by atoms with E-state index in [4.69, 9.17) is 0 Å². The van der Waals surface area contributed by atoms with Gasteiger partial charge in [-0.3, -0.25) is 0 Å². The van der Waals surface area contributed by atoms with Crippen molar-refractivity contribution in [3.63, 3.8) is 0 Å². The highest BCUT2D eigenvalue weighted by molar-refractivity contribution is 9.10. The molecule has 0 radical (unpaired) electrons. The second-order valence-corrected chi connectivity index (χ2v) is 4.50. The zero-order chi connectivity index (χ0) is 10.0. The maximum atomic E-state index is 9.24. The molecule has 0 atom stereocenters. The van der Waals surface area contributed by atoms with Crippen LogP contribution in [-0.4, -0.2) is 0 Å². The second-order valence-electron chi connectivity index (χ2n) is 3.58. The molecule has 0 amide bonds. The van der Waals surface area contributed by atoms with E-state index >= 15 is 0 Å². The van der Waals surface area contributed by atoms with Crippen LogP contribution in [0.2, 0.25) is 0 Å². The topological polar surface area (TPSA) is 23.8 Å². The van der Waals surface area contributed by atoms with Crippen LogP contribution >= 0.6 is 15.9 Å². The van der Waals surface area contributed by atoms with Gasteiger partial charge in [0.25, 0.3) is 0 Å². The van der Waals surface area contributed by atoms with E-state index in [-0.39, 0.29) is 5.41 Å². The van der Waals surface area contributed by atoms with Crippen molar-refractivity contribution in [1.29, 1.82) is 5.26 Å². The van der Waals surface area contributed by atoms with E-state index in [9.17, 15) is 5.26 Å². The van der Waals surface area contributed by atoms with Crippen molar-refractivity contribution < 1.29 is 0 Å². The minimum absolute atomic E-state index is 0.305. The van der Waals surface area contributed by atoms with Gasteiger partial charge in [0.2, 0.25) is 0 Å². The van der Waals surface area contributed by atoms with Gasteiger partial charge >= 0.3 is 0 Å². The fraction of sp³-hybridized carbons (Fsp3) is 0.250. The fourth-order valence-corrected chi connectivity index (χ4v) is 2.08. The normalized spacial score (nSPS) is 18.0. The third kappa shape index (κ3) is 1.49. The molecule has 1 nitrogen and oxygen atoms in total. The molecule has 1 aromatic rings. The maximum absolute atomic E-state index is 9.24. The molecule has 2 rings (SSSR count). The van der Waals surface area contributed by atoms with Crippen LogP contribution < -0.4 is 0 Å². The SMILES string of the molecule is N#CC1(c2ccc(Br)cc2)CC=CC1. The standard InChI is InChI=1S/C12H10BrN/c13-11-5-3-10(4-6-11)12(9-14)7-1-2-8-12/h1-6H,7-8H2. The Morgan fingerprint density at radius 1 is 1.14 bits per heavy atom. The lowest BCUT2D eigenvalue weighted by molar-refractivity contribution is 0.596. The molecule has 2 heteroatoms. The molecule has 0 aromatic heterocycles. The van der Waals surface area contributed by atoms with Crippen LogP contribution in [0.3, 0.4) is 0 Å². The van der Waals surface area contributed by atoms with Crippen molar-refractivity contribution in [2.75, 3.05) is 0 Å². The summed E-state index contributed by atoms with van der Waals surface area (Å²) in [6.45, 7) is 0. The number of benzene rings is 1. The average Bonchev–Trinajstić information content (AvgIpc) is 2.68. The Kier molecular flexibility index (Phi) is 2.43. The van der Waals surface area contributed by atoms with Gasteiger partial charge in [-0.1, -0.05) is 40.2 Å². The molecule has 0 N–H and O–H groups in total. The molecule has 70 valence electrons. The lowest BCUT2D eigenvalue weighted by Gasteiger charge is -2.20. The van der Waals surface area contributed by atoms with Crippen molar-refractivity contribution in [1.82, 2.24) is 0 Å². The largest absolute Gasteiger partial charge is 0.197 e. The summed E-state index contributed by atoms with van der Waals surface area (Å²) < 4.78 is 1.06. The smallest absolute Gasteiger partial charge is 0.0890 e. The third-order valence-electron chi connectivity index (χ3n) is 2.71. The first-order chi connectivity index (χ1) is 6.77. The molecule has 0 saturated carbocycles. The highest BCUT2D eigenvalue weighted by Gasteiger charge is 2.32. The highest BCUT2D eigenvalue weighted by Crippen LogP contribution is 2.36. The number of allylic oxidation sites excluding steroid dienone is 2. The van der Waals surface area contributed by atoms with Crippen molar-refractivity contribution in [3.8, 4) is 6.07 Å². The second kappa shape index (κ2) is 3.59. The van der Waals surface area contributed by atoms with Crippen LogP contribution in [0.5, 0.6) is 0 Å². The first kappa shape index (κ1) is 9.48. The van der Waals surface area contributed by atoms with Crippen LogP contribution in [0.1, 0.15) is 18.4 Å². The molecular weight excluding hydrogens is 238 g/mol. The van der Waals surface area contributed by atoms with E-state index in [1.807, 2.05) is 24.3 Å². The molecule has 0 unspecified atom stereocenters. The monoisotopic (exact) mass is 247 g/mol. The molecule has 0 bridgehead atoms. The van der Waals surface area contributed by atoms with Crippen LogP contribution in [0, 0.1) is 11.3 Å². The number of hydrogen-bond donors (Lipinski definition) is 0. The van der Waals surface area contributed by atoms with Gasteiger partial charge in [-0.05, 0) is 30.5 Å². The molecule has 14 heavy (non-hydrogen) atoms. The van der Waals surface area contributed by atoms with E-state index in [0.29, 0.717) is 0 Å². The summed E-state index contributed by atoms with van der Waals surface area (Å²) >= 11 is 3.40. The molecule has 1 aliphatic carbocycles. The summed E-state index contributed by atoms with van der Waals surface area (Å²) in [5.74, 6) is 0. The van der Waals surface area contributed by atoms with Gasteiger partial charge in [-0.25, -0.2) is 0 Å². The Labute approximate surface area is 92.2 Å². The van der Waals surface area contributed by atoms with Gasteiger partial charge in [-0.15, -0.1) is 0 Å². The van der Waals surface area contributed by atoms with Crippen molar-refractivity contribution in [2.45, 2.75) is 18.3 Å². The Hall–Kier alpha value is -1.07. The van der Waals surface area contributed by atoms with Gasteiger partial charge in [-0.2, -0.15) is 5.26 Å². The maximum Gasteiger partial charge on any atom is 0.0890 e. The quantitative estimate of drug-likeness (QED) is 0.697. The van der Waals surface area contributed by atoms with Crippen LogP contribution in [0.25, 0.3) is 0 Å². The van der Waals surface area contributed by atoms with Crippen LogP contribution in [0.4, 0.5) is 0 Å². The highest BCUT2D eigenvalue weighted by atomic mass is 79.9. The lowest BCUT2D eigenvalue weighted by atomic mass is 9.80. The van der Waals surface area contributed by atoms with Gasteiger partial charge in [0.15, 0.2) is 0 Å². The first-order valence-electron chi connectivity index (χ1n) is 4.59. The number of rotatable bonds is 1. The van der Waals surface area contributed by atoms with Gasteiger partial charge in [0, 0.05) is 4.47 Å². The zero-order valence-corrected chi connectivity index (χ0v) is 9.29.